The third-order valence-electron chi connectivity index (χ3n) is 3.56. The molecule has 0 aliphatic carbocycles. The summed E-state index contributed by atoms with van der Waals surface area (Å²) in [5, 5.41) is 10.5. The molecular weight excluding hydrogens is 278 g/mol. The third-order valence-corrected chi connectivity index (χ3v) is 3.78. The zero-order valence-corrected chi connectivity index (χ0v) is 12.6. The standard InChI is InChI=1S/C15H18ClNO3/c1-4-17(5-2)8-10-6-11(16)7-12-9(3)13(15(18)19)20-14(10)12/h6-7H,4-5,8H2,1-3H3,(H,18,19). The maximum absolute atomic E-state index is 11.2. The molecule has 0 atom stereocenters. The number of benzene rings is 1. The van der Waals surface area contributed by atoms with Gasteiger partial charge in [0.1, 0.15) is 5.58 Å². The lowest BCUT2D eigenvalue weighted by atomic mass is 10.1. The molecule has 4 nitrogen and oxygen atoms in total. The Morgan fingerprint density at radius 3 is 2.55 bits per heavy atom. The molecule has 2 rings (SSSR count). The number of furan rings is 1. The van der Waals surface area contributed by atoms with Gasteiger partial charge in [-0.05, 0) is 32.1 Å². The predicted molar refractivity (Wildman–Crippen MR) is 79.5 cm³/mol. The van der Waals surface area contributed by atoms with Crippen LogP contribution in [0.15, 0.2) is 16.5 Å². The molecule has 0 bridgehead atoms. The first kappa shape index (κ1) is 14.9. The highest BCUT2D eigenvalue weighted by Gasteiger charge is 2.20. The Morgan fingerprint density at radius 1 is 1.35 bits per heavy atom. The van der Waals surface area contributed by atoms with Crippen molar-refractivity contribution in [3.8, 4) is 0 Å². The van der Waals surface area contributed by atoms with E-state index in [1.807, 2.05) is 6.07 Å². The lowest BCUT2D eigenvalue weighted by Gasteiger charge is -2.18. The van der Waals surface area contributed by atoms with Crippen molar-refractivity contribution in [2.45, 2.75) is 27.3 Å². The number of aromatic carboxylic acids is 1. The Bertz CT molecular complexity index is 644. The summed E-state index contributed by atoms with van der Waals surface area (Å²) in [4.78, 5) is 13.4. The van der Waals surface area contributed by atoms with Gasteiger partial charge < -0.3 is 9.52 Å². The number of hydrogen-bond donors (Lipinski definition) is 1. The van der Waals surface area contributed by atoms with Crippen molar-refractivity contribution >= 4 is 28.5 Å². The summed E-state index contributed by atoms with van der Waals surface area (Å²) in [5.74, 6) is -1.06. The maximum atomic E-state index is 11.2. The number of aryl methyl sites for hydroxylation is 1. The van der Waals surface area contributed by atoms with Crippen molar-refractivity contribution in [2.75, 3.05) is 13.1 Å². The number of carbonyl (C=O) groups is 1. The van der Waals surface area contributed by atoms with Crippen LogP contribution in [-0.4, -0.2) is 29.1 Å². The van der Waals surface area contributed by atoms with Crippen LogP contribution in [-0.2, 0) is 6.54 Å². The summed E-state index contributed by atoms with van der Waals surface area (Å²) < 4.78 is 5.55. The highest BCUT2D eigenvalue weighted by Crippen LogP contribution is 2.31. The topological polar surface area (TPSA) is 53.7 Å². The number of halogens is 1. The Kier molecular flexibility index (Phi) is 4.35. The molecule has 2 aromatic rings. The number of hydrogen-bond acceptors (Lipinski definition) is 3. The number of carboxylic acid groups (broad SMARTS) is 1. The van der Waals surface area contributed by atoms with Crippen LogP contribution in [0.3, 0.4) is 0 Å². The normalized spacial score (nSPS) is 11.4. The van der Waals surface area contributed by atoms with Gasteiger partial charge in [-0.2, -0.15) is 0 Å². The molecule has 0 saturated heterocycles. The molecule has 20 heavy (non-hydrogen) atoms. The molecule has 0 aliphatic heterocycles. The summed E-state index contributed by atoms with van der Waals surface area (Å²) >= 11 is 6.15. The van der Waals surface area contributed by atoms with E-state index in [1.165, 1.54) is 0 Å². The van der Waals surface area contributed by atoms with Gasteiger partial charge in [-0.25, -0.2) is 4.79 Å². The van der Waals surface area contributed by atoms with Crippen LogP contribution in [0.4, 0.5) is 0 Å². The molecule has 0 aliphatic rings. The third kappa shape index (κ3) is 2.67. The molecule has 0 amide bonds. The van der Waals surface area contributed by atoms with E-state index < -0.39 is 5.97 Å². The van der Waals surface area contributed by atoms with Crippen molar-refractivity contribution in [1.82, 2.24) is 4.90 Å². The van der Waals surface area contributed by atoms with E-state index in [9.17, 15) is 4.79 Å². The van der Waals surface area contributed by atoms with E-state index in [4.69, 9.17) is 21.1 Å². The molecule has 0 unspecified atom stereocenters. The Hall–Kier alpha value is -1.52. The van der Waals surface area contributed by atoms with Gasteiger partial charge in [0.25, 0.3) is 0 Å². The minimum Gasteiger partial charge on any atom is -0.475 e. The Balaban J connectivity index is 2.59. The van der Waals surface area contributed by atoms with Crippen molar-refractivity contribution in [1.29, 1.82) is 0 Å². The van der Waals surface area contributed by atoms with Gasteiger partial charge in [0.05, 0.1) is 0 Å². The quantitative estimate of drug-likeness (QED) is 0.908. The molecular formula is C15H18ClNO3. The molecule has 0 radical (unpaired) electrons. The van der Waals surface area contributed by atoms with Gasteiger partial charge in [0, 0.05) is 28.1 Å². The molecule has 1 aromatic carbocycles. The van der Waals surface area contributed by atoms with Crippen molar-refractivity contribution in [2.24, 2.45) is 0 Å². The SMILES string of the molecule is CCN(CC)Cc1cc(Cl)cc2c(C)c(C(=O)O)oc12. The smallest absolute Gasteiger partial charge is 0.372 e. The second-order valence-electron chi connectivity index (χ2n) is 4.76. The molecule has 0 spiro atoms. The molecule has 0 fully saturated rings. The first-order valence-corrected chi connectivity index (χ1v) is 7.02. The molecule has 108 valence electrons. The van der Waals surface area contributed by atoms with E-state index in [2.05, 4.69) is 18.7 Å². The molecule has 1 N–H and O–H groups in total. The highest BCUT2D eigenvalue weighted by molar-refractivity contribution is 6.31. The van der Waals surface area contributed by atoms with Gasteiger partial charge in [-0.15, -0.1) is 0 Å². The van der Waals surface area contributed by atoms with Crippen LogP contribution in [0, 0.1) is 6.92 Å². The van der Waals surface area contributed by atoms with Gasteiger partial charge in [-0.3, -0.25) is 4.90 Å². The first-order valence-electron chi connectivity index (χ1n) is 6.65. The Labute approximate surface area is 122 Å². The predicted octanol–water partition coefficient (Wildman–Crippen LogP) is 3.93. The lowest BCUT2D eigenvalue weighted by molar-refractivity contribution is 0.0664. The summed E-state index contributed by atoms with van der Waals surface area (Å²) in [5.41, 5.74) is 2.17. The zero-order chi connectivity index (χ0) is 14.9. The number of nitrogens with zero attached hydrogens (tertiary/aromatic N) is 1. The van der Waals surface area contributed by atoms with Crippen LogP contribution in [0.2, 0.25) is 5.02 Å². The first-order chi connectivity index (χ1) is 9.47. The van der Waals surface area contributed by atoms with E-state index >= 15 is 0 Å². The van der Waals surface area contributed by atoms with E-state index in [0.717, 1.165) is 24.0 Å². The average molecular weight is 296 g/mol. The van der Waals surface area contributed by atoms with Crippen molar-refractivity contribution in [3.05, 3.63) is 34.0 Å². The van der Waals surface area contributed by atoms with E-state index in [0.29, 0.717) is 22.7 Å². The molecule has 1 heterocycles. The summed E-state index contributed by atoms with van der Waals surface area (Å²) in [6, 6.07) is 3.60. The van der Waals surface area contributed by atoms with Gasteiger partial charge in [-0.1, -0.05) is 25.4 Å². The number of carboxylic acids is 1. The van der Waals surface area contributed by atoms with Crippen LogP contribution >= 0.6 is 11.6 Å². The maximum Gasteiger partial charge on any atom is 0.372 e. The highest BCUT2D eigenvalue weighted by atomic mass is 35.5. The number of fused-ring (bicyclic) bond motifs is 1. The largest absolute Gasteiger partial charge is 0.475 e. The summed E-state index contributed by atoms with van der Waals surface area (Å²) in [6.07, 6.45) is 0. The molecule has 0 saturated carbocycles. The summed E-state index contributed by atoms with van der Waals surface area (Å²) in [7, 11) is 0. The fraction of sp³-hybridized carbons (Fsp3) is 0.400. The molecule has 1 aromatic heterocycles. The van der Waals surface area contributed by atoms with Crippen LogP contribution < -0.4 is 0 Å². The monoisotopic (exact) mass is 295 g/mol. The van der Waals surface area contributed by atoms with E-state index in [1.54, 1.807) is 13.0 Å². The fourth-order valence-corrected chi connectivity index (χ4v) is 2.60. The van der Waals surface area contributed by atoms with Gasteiger partial charge in [0.15, 0.2) is 0 Å². The van der Waals surface area contributed by atoms with Gasteiger partial charge >= 0.3 is 5.97 Å². The second-order valence-corrected chi connectivity index (χ2v) is 5.20. The minimum atomic E-state index is -1.05. The average Bonchev–Trinajstić information content (AvgIpc) is 2.73. The van der Waals surface area contributed by atoms with Gasteiger partial charge in [0.2, 0.25) is 5.76 Å². The minimum absolute atomic E-state index is 0.0111. The van der Waals surface area contributed by atoms with Crippen LogP contribution in [0.25, 0.3) is 11.0 Å². The van der Waals surface area contributed by atoms with E-state index in [-0.39, 0.29) is 5.76 Å². The van der Waals surface area contributed by atoms with Crippen molar-refractivity contribution < 1.29 is 14.3 Å². The fourth-order valence-electron chi connectivity index (χ4n) is 2.36. The Morgan fingerprint density at radius 2 is 2.00 bits per heavy atom. The second kappa shape index (κ2) is 5.85. The van der Waals surface area contributed by atoms with Crippen LogP contribution in [0.5, 0.6) is 0 Å². The summed E-state index contributed by atoms with van der Waals surface area (Å²) in [6.45, 7) is 8.43. The molecule has 5 heteroatoms. The lowest BCUT2D eigenvalue weighted by Crippen LogP contribution is -2.22. The number of rotatable bonds is 5. The van der Waals surface area contributed by atoms with Crippen LogP contribution in [0.1, 0.15) is 35.5 Å². The van der Waals surface area contributed by atoms with Crippen molar-refractivity contribution in [3.63, 3.8) is 0 Å². The zero-order valence-electron chi connectivity index (χ0n) is 11.9.